The molecule has 4 N–H and O–H groups in total. The van der Waals surface area contributed by atoms with Crippen molar-refractivity contribution in [1.29, 1.82) is 0 Å². The first-order valence-corrected chi connectivity index (χ1v) is 17.5. The summed E-state index contributed by atoms with van der Waals surface area (Å²) in [5, 5.41) is 15.4. The van der Waals surface area contributed by atoms with E-state index in [0.717, 1.165) is 45.0 Å². The van der Waals surface area contributed by atoms with Gasteiger partial charge in [-0.1, -0.05) is 97.4 Å². The quantitative estimate of drug-likeness (QED) is 0.138. The van der Waals surface area contributed by atoms with E-state index in [1.807, 2.05) is 28.2 Å². The van der Waals surface area contributed by atoms with Crippen molar-refractivity contribution in [3.05, 3.63) is 130 Å². The molecule has 0 saturated heterocycles. The molecule has 1 heterocycles. The second-order valence-corrected chi connectivity index (χ2v) is 15.2. The van der Waals surface area contributed by atoms with Crippen LogP contribution in [0.4, 0.5) is 22.7 Å². The van der Waals surface area contributed by atoms with Crippen molar-refractivity contribution in [2.75, 3.05) is 49.5 Å². The van der Waals surface area contributed by atoms with Crippen molar-refractivity contribution >= 4 is 42.0 Å². The molecule has 0 fully saturated rings. The highest BCUT2D eigenvalue weighted by Crippen LogP contribution is 2.48. The predicted octanol–water partition coefficient (Wildman–Crippen LogP) is 7.96. The SMILES string of the molecule is CNc1cc(C#CC2=C(c3ccccc3)C(c3ccccc3)=C(C#Cc3cc(NC)cc(NC)c3)[Si]2(C)C)cc(NC)c1. The summed E-state index contributed by atoms with van der Waals surface area (Å²) >= 11 is 0. The number of benzene rings is 4. The van der Waals surface area contributed by atoms with Crippen LogP contribution >= 0.6 is 0 Å². The van der Waals surface area contributed by atoms with Gasteiger partial charge in [0.05, 0.1) is 0 Å². The van der Waals surface area contributed by atoms with Crippen molar-refractivity contribution in [2.45, 2.75) is 13.1 Å². The number of rotatable bonds is 6. The second-order valence-electron chi connectivity index (χ2n) is 11.0. The fraction of sp³-hybridized carbons (Fsp3) is 0.158. The Kier molecular flexibility index (Phi) is 8.76. The van der Waals surface area contributed by atoms with Gasteiger partial charge < -0.3 is 21.3 Å². The molecule has 0 unspecified atom stereocenters. The van der Waals surface area contributed by atoms with E-state index in [0.29, 0.717) is 0 Å². The van der Waals surface area contributed by atoms with Gasteiger partial charge in [0.1, 0.15) is 8.07 Å². The molecule has 0 spiro atoms. The number of allylic oxidation sites excluding steroid dienone is 4. The van der Waals surface area contributed by atoms with Crippen LogP contribution < -0.4 is 21.3 Å². The zero-order valence-electron chi connectivity index (χ0n) is 25.7. The Labute approximate surface area is 257 Å². The Bertz CT molecular complexity index is 1650. The molecule has 0 saturated carbocycles. The summed E-state index contributed by atoms with van der Waals surface area (Å²) in [7, 11) is 5.39. The maximum Gasteiger partial charge on any atom is 0.135 e. The van der Waals surface area contributed by atoms with Gasteiger partial charge in [-0.05, 0) is 58.7 Å². The fourth-order valence-electron chi connectivity index (χ4n) is 5.47. The molecule has 0 atom stereocenters. The predicted molar refractivity (Wildman–Crippen MR) is 189 cm³/mol. The van der Waals surface area contributed by atoms with Crippen LogP contribution in [-0.4, -0.2) is 36.3 Å². The smallest absolute Gasteiger partial charge is 0.135 e. The maximum atomic E-state index is 3.71. The van der Waals surface area contributed by atoms with Gasteiger partial charge in [-0.25, -0.2) is 0 Å². The minimum atomic E-state index is -2.34. The first-order chi connectivity index (χ1) is 20.9. The molecule has 0 radical (unpaired) electrons. The number of hydrogen-bond acceptors (Lipinski definition) is 4. The molecule has 4 aromatic carbocycles. The number of nitrogens with one attached hydrogen (secondary N) is 4. The summed E-state index contributed by atoms with van der Waals surface area (Å²) in [6, 6.07) is 33.9. The monoisotopic (exact) mass is 578 g/mol. The molecule has 4 nitrogen and oxygen atoms in total. The Morgan fingerprint density at radius 2 is 0.767 bits per heavy atom. The molecule has 0 bridgehead atoms. The Morgan fingerprint density at radius 3 is 1.07 bits per heavy atom. The minimum Gasteiger partial charge on any atom is -0.388 e. The highest BCUT2D eigenvalue weighted by Gasteiger charge is 2.41. The van der Waals surface area contributed by atoms with Crippen LogP contribution in [0.15, 0.2) is 107 Å². The van der Waals surface area contributed by atoms with Crippen LogP contribution in [0, 0.1) is 23.7 Å². The van der Waals surface area contributed by atoms with Gasteiger partial charge in [-0.3, -0.25) is 0 Å². The van der Waals surface area contributed by atoms with Gasteiger partial charge in [-0.2, -0.15) is 0 Å². The lowest BCUT2D eigenvalue weighted by atomic mass is 9.91. The average Bonchev–Trinajstić information content (AvgIpc) is 3.28. The zero-order chi connectivity index (χ0) is 30.4. The summed E-state index contributed by atoms with van der Waals surface area (Å²) in [6.45, 7) is 4.76. The van der Waals surface area contributed by atoms with Gasteiger partial charge in [0.25, 0.3) is 0 Å². The molecular weight excluding hydrogens is 541 g/mol. The topological polar surface area (TPSA) is 48.1 Å². The third kappa shape index (κ3) is 6.23. The molecular formula is C38H38N4Si. The average molecular weight is 579 g/mol. The lowest BCUT2D eigenvalue weighted by Gasteiger charge is -2.18. The van der Waals surface area contributed by atoms with Crippen molar-refractivity contribution < 1.29 is 0 Å². The van der Waals surface area contributed by atoms with Crippen LogP contribution in [0.1, 0.15) is 22.3 Å². The Hall–Kier alpha value is -5.10. The molecule has 0 aliphatic carbocycles. The maximum absolute atomic E-state index is 3.71. The normalized spacial score (nSPS) is 13.4. The van der Waals surface area contributed by atoms with Crippen LogP contribution in [0.25, 0.3) is 11.1 Å². The van der Waals surface area contributed by atoms with E-state index in [9.17, 15) is 0 Å². The minimum absolute atomic E-state index is 0.963. The van der Waals surface area contributed by atoms with Crippen molar-refractivity contribution in [1.82, 2.24) is 0 Å². The summed E-state index contributed by atoms with van der Waals surface area (Å²) < 4.78 is 0. The first-order valence-electron chi connectivity index (χ1n) is 14.5. The fourth-order valence-corrected chi connectivity index (χ4v) is 8.26. The standard InChI is InChI=1S/C38H38N4Si/c1-39-31-21-27(22-32(25-31)40-2)17-19-35-37(29-13-9-7-10-14-29)38(30-15-11-8-12-16-30)36(43(35,5)6)20-18-28-23-33(41-3)26-34(24-28)42-4/h7-16,21-26,39-42H,1-6H3. The van der Waals surface area contributed by atoms with E-state index in [2.05, 4.69) is 155 Å². The second kappa shape index (κ2) is 12.8. The summed E-state index contributed by atoms with van der Waals surface area (Å²) in [4.78, 5) is 0. The first kappa shape index (κ1) is 29.4. The van der Waals surface area contributed by atoms with Crippen molar-refractivity contribution in [2.24, 2.45) is 0 Å². The van der Waals surface area contributed by atoms with Crippen LogP contribution in [-0.2, 0) is 0 Å². The molecule has 5 heteroatoms. The van der Waals surface area contributed by atoms with Crippen LogP contribution in [0.5, 0.6) is 0 Å². The van der Waals surface area contributed by atoms with Gasteiger partial charge in [0.15, 0.2) is 0 Å². The van der Waals surface area contributed by atoms with Gasteiger partial charge in [0, 0.05) is 72.5 Å². The summed E-state index contributed by atoms with van der Waals surface area (Å²) in [5.74, 6) is 14.5. The van der Waals surface area contributed by atoms with E-state index in [4.69, 9.17) is 0 Å². The lowest BCUT2D eigenvalue weighted by Crippen LogP contribution is -2.29. The van der Waals surface area contributed by atoms with Gasteiger partial charge in [0.2, 0.25) is 0 Å². The summed E-state index contributed by atoms with van der Waals surface area (Å²) in [5.41, 5.74) is 10.7. The van der Waals surface area contributed by atoms with Crippen LogP contribution in [0.2, 0.25) is 13.1 Å². The zero-order valence-corrected chi connectivity index (χ0v) is 26.7. The van der Waals surface area contributed by atoms with E-state index in [1.54, 1.807) is 0 Å². The lowest BCUT2D eigenvalue weighted by molar-refractivity contribution is 1.45. The third-order valence-corrected chi connectivity index (χ3v) is 11.1. The molecule has 43 heavy (non-hydrogen) atoms. The van der Waals surface area contributed by atoms with E-state index >= 15 is 0 Å². The largest absolute Gasteiger partial charge is 0.388 e. The van der Waals surface area contributed by atoms with Gasteiger partial charge in [-0.15, -0.1) is 0 Å². The third-order valence-electron chi connectivity index (χ3n) is 7.81. The molecule has 1 aliphatic heterocycles. The van der Waals surface area contributed by atoms with E-state index in [1.165, 1.54) is 21.5 Å². The summed E-state index contributed by atoms with van der Waals surface area (Å²) in [6.07, 6.45) is 0. The number of anilines is 4. The Balaban J connectivity index is 1.76. The molecule has 5 rings (SSSR count). The van der Waals surface area contributed by atoms with Gasteiger partial charge >= 0.3 is 0 Å². The van der Waals surface area contributed by atoms with Crippen molar-refractivity contribution in [3.63, 3.8) is 0 Å². The molecule has 214 valence electrons. The van der Waals surface area contributed by atoms with E-state index in [-0.39, 0.29) is 0 Å². The van der Waals surface area contributed by atoms with Crippen molar-refractivity contribution in [3.8, 4) is 23.7 Å². The molecule has 4 aromatic rings. The molecule has 1 aliphatic rings. The Morgan fingerprint density at radius 1 is 0.442 bits per heavy atom. The van der Waals surface area contributed by atoms with Crippen LogP contribution in [0.3, 0.4) is 0 Å². The molecule has 0 amide bonds. The van der Waals surface area contributed by atoms with E-state index < -0.39 is 8.07 Å². The number of hydrogen-bond donors (Lipinski definition) is 4. The highest BCUT2D eigenvalue weighted by molar-refractivity contribution is 6.96. The molecule has 0 aromatic heterocycles. The highest BCUT2D eigenvalue weighted by atomic mass is 28.3.